The molecule has 1 saturated carbocycles. The third kappa shape index (κ3) is 3.17. The molecule has 5 rings (SSSR count). The number of nitrogens with one attached hydrogen (secondary N) is 1. The molecule has 0 spiro atoms. The maximum absolute atomic E-state index is 13.3. The molecule has 1 aromatic carbocycles. The van der Waals surface area contributed by atoms with Crippen LogP contribution in [0.15, 0.2) is 24.5 Å². The zero-order valence-corrected chi connectivity index (χ0v) is 16.0. The van der Waals surface area contributed by atoms with Gasteiger partial charge in [0.25, 0.3) is 0 Å². The van der Waals surface area contributed by atoms with Crippen molar-refractivity contribution in [3.8, 4) is 5.75 Å². The summed E-state index contributed by atoms with van der Waals surface area (Å²) in [5.74, 6) is 1.30. The zero-order valence-electron chi connectivity index (χ0n) is 16.0. The third-order valence-electron chi connectivity index (χ3n) is 5.59. The van der Waals surface area contributed by atoms with E-state index >= 15 is 0 Å². The van der Waals surface area contributed by atoms with Gasteiger partial charge in [-0.2, -0.15) is 10.1 Å². The van der Waals surface area contributed by atoms with E-state index in [1.54, 1.807) is 24.2 Å². The summed E-state index contributed by atoms with van der Waals surface area (Å²) in [7, 11) is 3.80. The molecule has 0 radical (unpaired) electrons. The molecule has 1 N–H and O–H groups in total. The molecule has 0 saturated heterocycles. The average Bonchev–Trinajstić information content (AvgIpc) is 3.24. The number of anilines is 2. The Kier molecular flexibility index (Phi) is 4.16. The highest BCUT2D eigenvalue weighted by molar-refractivity contribution is 5.76. The second-order valence-electron chi connectivity index (χ2n) is 7.74. The van der Waals surface area contributed by atoms with E-state index in [0.717, 1.165) is 36.3 Å². The minimum absolute atomic E-state index is 0.0483. The molecule has 1 fully saturated rings. The molecule has 3 heterocycles. The topological polar surface area (TPSA) is 68.1 Å². The van der Waals surface area contributed by atoms with Gasteiger partial charge in [0.05, 0.1) is 24.4 Å². The highest BCUT2D eigenvalue weighted by Gasteiger charge is 2.38. The minimum atomic E-state index is -0.712. The number of rotatable bonds is 5. The molecule has 8 heteroatoms. The first-order valence-corrected chi connectivity index (χ1v) is 9.58. The van der Waals surface area contributed by atoms with E-state index in [1.807, 2.05) is 0 Å². The Morgan fingerprint density at radius 3 is 2.93 bits per heavy atom. The van der Waals surface area contributed by atoms with Crippen LogP contribution in [0.2, 0.25) is 0 Å². The van der Waals surface area contributed by atoms with Crippen LogP contribution >= 0.6 is 0 Å². The fourth-order valence-corrected chi connectivity index (χ4v) is 3.80. The fraction of sp³-hybridized carbons (Fsp3) is 0.450. The SMILES string of the molecule is COc1cc2c(cc1Nc1ncc3cnn(CC4CC4F)c3n1)CN(C)CC2. The van der Waals surface area contributed by atoms with E-state index in [1.165, 1.54) is 11.1 Å². The number of nitrogens with zero attached hydrogens (tertiary/aromatic N) is 5. The van der Waals surface area contributed by atoms with Crippen LogP contribution in [0.25, 0.3) is 11.0 Å². The lowest BCUT2D eigenvalue weighted by molar-refractivity contribution is 0.312. The number of halogens is 1. The van der Waals surface area contributed by atoms with Crippen LogP contribution in [0, 0.1) is 5.92 Å². The minimum Gasteiger partial charge on any atom is -0.495 e. The maximum atomic E-state index is 13.3. The van der Waals surface area contributed by atoms with Gasteiger partial charge in [-0.05, 0) is 43.1 Å². The molecular formula is C20H23FN6O. The molecule has 1 aliphatic carbocycles. The van der Waals surface area contributed by atoms with Crippen LogP contribution in [0.3, 0.4) is 0 Å². The van der Waals surface area contributed by atoms with Crippen molar-refractivity contribution >= 4 is 22.7 Å². The molecule has 0 amide bonds. The van der Waals surface area contributed by atoms with E-state index < -0.39 is 6.17 Å². The fourth-order valence-electron chi connectivity index (χ4n) is 3.80. The summed E-state index contributed by atoms with van der Waals surface area (Å²) in [6, 6.07) is 4.22. The summed E-state index contributed by atoms with van der Waals surface area (Å²) in [6.07, 6.45) is 4.38. The van der Waals surface area contributed by atoms with Crippen molar-refractivity contribution in [3.05, 3.63) is 35.7 Å². The van der Waals surface area contributed by atoms with Crippen LogP contribution in [-0.4, -0.2) is 51.5 Å². The Hall–Kier alpha value is -2.74. The maximum Gasteiger partial charge on any atom is 0.229 e. The lowest BCUT2D eigenvalue weighted by Crippen LogP contribution is -2.26. The number of benzene rings is 1. The lowest BCUT2D eigenvalue weighted by Gasteiger charge is -2.26. The van der Waals surface area contributed by atoms with Gasteiger partial charge in [-0.15, -0.1) is 0 Å². The predicted molar refractivity (Wildman–Crippen MR) is 105 cm³/mol. The third-order valence-corrected chi connectivity index (χ3v) is 5.59. The number of hydrogen-bond acceptors (Lipinski definition) is 6. The van der Waals surface area contributed by atoms with Crippen molar-refractivity contribution in [2.45, 2.75) is 32.1 Å². The number of fused-ring (bicyclic) bond motifs is 2. The number of aromatic nitrogens is 4. The van der Waals surface area contributed by atoms with Gasteiger partial charge in [0, 0.05) is 31.7 Å². The van der Waals surface area contributed by atoms with Crippen LogP contribution in [0.5, 0.6) is 5.75 Å². The molecule has 1 aliphatic heterocycles. The van der Waals surface area contributed by atoms with Crippen LogP contribution in [0.4, 0.5) is 16.0 Å². The summed E-state index contributed by atoms with van der Waals surface area (Å²) in [5.41, 5.74) is 4.16. The van der Waals surface area contributed by atoms with Gasteiger partial charge >= 0.3 is 0 Å². The van der Waals surface area contributed by atoms with E-state index in [2.05, 4.69) is 44.5 Å². The Morgan fingerprint density at radius 1 is 1.29 bits per heavy atom. The molecule has 28 heavy (non-hydrogen) atoms. The Balaban J connectivity index is 1.46. The van der Waals surface area contributed by atoms with Gasteiger partial charge in [-0.1, -0.05) is 0 Å². The number of hydrogen-bond donors (Lipinski definition) is 1. The number of likely N-dealkylation sites (N-methyl/N-ethyl adjacent to an activating group) is 1. The first kappa shape index (κ1) is 17.4. The number of ether oxygens (including phenoxy) is 1. The van der Waals surface area contributed by atoms with E-state index in [0.29, 0.717) is 24.6 Å². The van der Waals surface area contributed by atoms with Gasteiger partial charge in [-0.3, -0.25) is 0 Å². The van der Waals surface area contributed by atoms with Crippen molar-refractivity contribution in [3.63, 3.8) is 0 Å². The Labute approximate surface area is 162 Å². The average molecular weight is 382 g/mol. The molecule has 2 atom stereocenters. The summed E-state index contributed by atoms with van der Waals surface area (Å²) in [5, 5.41) is 8.49. The Bertz CT molecular complexity index is 1030. The normalized spacial score (nSPS) is 21.5. The quantitative estimate of drug-likeness (QED) is 0.732. The highest BCUT2D eigenvalue weighted by atomic mass is 19.1. The Morgan fingerprint density at radius 2 is 2.14 bits per heavy atom. The second kappa shape index (κ2) is 6.70. The standard InChI is InChI=1S/C20H23FN6O/c1-26-4-3-12-7-18(28-2)17(6-13(12)10-26)24-20-22-8-15-9-23-27(19(15)25-20)11-14-5-16(14)21/h6-9,14,16H,3-5,10-11H2,1-2H3,(H,22,24,25). The van der Waals surface area contributed by atoms with Crippen molar-refractivity contribution in [2.24, 2.45) is 5.92 Å². The van der Waals surface area contributed by atoms with Gasteiger partial charge in [0.1, 0.15) is 11.9 Å². The van der Waals surface area contributed by atoms with E-state index in [9.17, 15) is 4.39 Å². The second-order valence-corrected chi connectivity index (χ2v) is 7.74. The predicted octanol–water partition coefficient (Wildman–Crippen LogP) is 2.92. The van der Waals surface area contributed by atoms with Gasteiger partial charge in [-0.25, -0.2) is 14.1 Å². The van der Waals surface area contributed by atoms with Crippen molar-refractivity contribution < 1.29 is 9.13 Å². The van der Waals surface area contributed by atoms with Crippen LogP contribution in [-0.2, 0) is 19.5 Å². The van der Waals surface area contributed by atoms with Crippen LogP contribution < -0.4 is 10.1 Å². The van der Waals surface area contributed by atoms with Gasteiger partial charge < -0.3 is 15.0 Å². The zero-order chi connectivity index (χ0) is 19.3. The molecule has 2 aromatic heterocycles. The highest BCUT2D eigenvalue weighted by Crippen LogP contribution is 2.36. The summed E-state index contributed by atoms with van der Waals surface area (Å²) >= 11 is 0. The molecule has 0 bridgehead atoms. The van der Waals surface area contributed by atoms with E-state index in [-0.39, 0.29) is 5.92 Å². The molecule has 2 aliphatic rings. The molecule has 3 aromatic rings. The number of methoxy groups -OCH3 is 1. The molecule has 146 valence electrons. The largest absolute Gasteiger partial charge is 0.495 e. The van der Waals surface area contributed by atoms with Crippen molar-refractivity contribution in [2.75, 3.05) is 26.0 Å². The smallest absolute Gasteiger partial charge is 0.229 e. The van der Waals surface area contributed by atoms with Gasteiger partial charge in [0.2, 0.25) is 5.95 Å². The monoisotopic (exact) mass is 382 g/mol. The van der Waals surface area contributed by atoms with Crippen molar-refractivity contribution in [1.29, 1.82) is 0 Å². The molecule has 2 unspecified atom stereocenters. The number of alkyl halides is 1. The first-order chi connectivity index (χ1) is 13.6. The van der Waals surface area contributed by atoms with Crippen molar-refractivity contribution in [1.82, 2.24) is 24.6 Å². The summed E-state index contributed by atoms with van der Waals surface area (Å²) in [4.78, 5) is 11.3. The summed E-state index contributed by atoms with van der Waals surface area (Å²) < 4.78 is 20.6. The lowest BCUT2D eigenvalue weighted by atomic mass is 9.99. The van der Waals surface area contributed by atoms with E-state index in [4.69, 9.17) is 4.74 Å². The summed E-state index contributed by atoms with van der Waals surface area (Å²) in [6.45, 7) is 2.51. The van der Waals surface area contributed by atoms with Crippen LogP contribution in [0.1, 0.15) is 17.5 Å². The van der Waals surface area contributed by atoms with Gasteiger partial charge in [0.15, 0.2) is 5.65 Å². The first-order valence-electron chi connectivity index (χ1n) is 9.58. The molecular weight excluding hydrogens is 359 g/mol. The molecule has 7 nitrogen and oxygen atoms in total.